The largest absolute Gasteiger partial charge is 0.368 e. The van der Waals surface area contributed by atoms with Gasteiger partial charge in [0.1, 0.15) is 6.04 Å². The molecule has 0 radical (unpaired) electrons. The maximum atomic E-state index is 10.6. The van der Waals surface area contributed by atoms with E-state index in [9.17, 15) is 9.59 Å². The fraction of sp³-hybridized carbons (Fsp3) is 0.667. The van der Waals surface area contributed by atoms with Crippen LogP contribution in [0.4, 0.5) is 0 Å². The Balaban J connectivity index is 4.33. The number of hydroxylamine groups is 2. The van der Waals surface area contributed by atoms with Crippen LogP contribution in [0.5, 0.6) is 0 Å². The summed E-state index contributed by atoms with van der Waals surface area (Å²) < 4.78 is 0. The second-order valence-electron chi connectivity index (χ2n) is 2.58. The van der Waals surface area contributed by atoms with Crippen LogP contribution < -0.4 is 5.73 Å². The molecule has 0 aliphatic heterocycles. The summed E-state index contributed by atoms with van der Waals surface area (Å²) in [7, 11) is 0. The first-order valence-electron chi connectivity index (χ1n) is 3.22. The van der Waals surface area contributed by atoms with Gasteiger partial charge in [0.2, 0.25) is 12.3 Å². The molecule has 0 aliphatic rings. The molecular formula is C6H12N2O3. The van der Waals surface area contributed by atoms with Gasteiger partial charge in [-0.2, -0.15) is 0 Å². The zero-order chi connectivity index (χ0) is 9.02. The molecule has 1 unspecified atom stereocenters. The SMILES string of the molecule is CC(C)C(C(N)=O)N(O)C=O. The molecule has 0 fully saturated rings. The van der Waals surface area contributed by atoms with Crippen molar-refractivity contribution in [1.82, 2.24) is 5.06 Å². The molecule has 2 amide bonds. The third kappa shape index (κ3) is 2.55. The molecule has 0 saturated carbocycles. The number of primary amides is 1. The zero-order valence-corrected chi connectivity index (χ0v) is 6.52. The van der Waals surface area contributed by atoms with E-state index in [0.717, 1.165) is 0 Å². The number of hydrogen-bond acceptors (Lipinski definition) is 3. The quantitative estimate of drug-likeness (QED) is 0.325. The van der Waals surface area contributed by atoms with Crippen molar-refractivity contribution >= 4 is 12.3 Å². The molecule has 0 aliphatic carbocycles. The Bertz CT molecular complexity index is 158. The maximum absolute atomic E-state index is 10.6. The molecule has 1 atom stereocenters. The van der Waals surface area contributed by atoms with Crippen LogP contribution in [0.15, 0.2) is 0 Å². The van der Waals surface area contributed by atoms with Crippen molar-refractivity contribution in [3.63, 3.8) is 0 Å². The molecule has 0 saturated heterocycles. The van der Waals surface area contributed by atoms with E-state index in [4.69, 9.17) is 10.9 Å². The van der Waals surface area contributed by atoms with Gasteiger partial charge in [-0.05, 0) is 5.92 Å². The Morgan fingerprint density at radius 2 is 2.09 bits per heavy atom. The predicted molar refractivity (Wildman–Crippen MR) is 37.5 cm³/mol. The fourth-order valence-corrected chi connectivity index (χ4v) is 0.830. The summed E-state index contributed by atoms with van der Waals surface area (Å²) >= 11 is 0. The summed E-state index contributed by atoms with van der Waals surface area (Å²) in [5, 5.41) is 9.11. The number of carbonyl (C=O) groups is 2. The van der Waals surface area contributed by atoms with Crippen molar-refractivity contribution in [2.45, 2.75) is 19.9 Å². The first-order valence-corrected chi connectivity index (χ1v) is 3.22. The first-order chi connectivity index (χ1) is 5.00. The Hall–Kier alpha value is -1.10. The van der Waals surface area contributed by atoms with Gasteiger partial charge in [-0.25, -0.2) is 5.06 Å². The van der Waals surface area contributed by atoms with E-state index in [0.29, 0.717) is 0 Å². The van der Waals surface area contributed by atoms with Crippen molar-refractivity contribution in [3.05, 3.63) is 0 Å². The van der Waals surface area contributed by atoms with Crippen molar-refractivity contribution in [3.8, 4) is 0 Å². The maximum Gasteiger partial charge on any atom is 0.243 e. The minimum atomic E-state index is -0.938. The highest BCUT2D eigenvalue weighted by molar-refractivity contribution is 5.81. The van der Waals surface area contributed by atoms with Crippen LogP contribution in [0.3, 0.4) is 0 Å². The molecular weight excluding hydrogens is 148 g/mol. The van der Waals surface area contributed by atoms with Crippen LogP contribution in [0.2, 0.25) is 0 Å². The van der Waals surface area contributed by atoms with Gasteiger partial charge >= 0.3 is 0 Å². The molecule has 64 valence electrons. The van der Waals surface area contributed by atoms with Crippen LogP contribution >= 0.6 is 0 Å². The minimum absolute atomic E-state index is 0.162. The normalized spacial score (nSPS) is 12.7. The van der Waals surface area contributed by atoms with E-state index in [1.165, 1.54) is 0 Å². The Morgan fingerprint density at radius 1 is 1.64 bits per heavy atom. The lowest BCUT2D eigenvalue weighted by molar-refractivity contribution is -0.170. The molecule has 0 aromatic rings. The monoisotopic (exact) mass is 160 g/mol. The highest BCUT2D eigenvalue weighted by Crippen LogP contribution is 2.05. The van der Waals surface area contributed by atoms with Gasteiger partial charge < -0.3 is 5.73 Å². The molecule has 0 aromatic carbocycles. The predicted octanol–water partition coefficient (Wildman–Crippen LogP) is -0.656. The van der Waals surface area contributed by atoms with Gasteiger partial charge in [-0.3, -0.25) is 14.8 Å². The van der Waals surface area contributed by atoms with Crippen molar-refractivity contribution in [2.24, 2.45) is 11.7 Å². The number of hydrogen-bond donors (Lipinski definition) is 2. The highest BCUT2D eigenvalue weighted by Gasteiger charge is 2.24. The number of nitrogens with zero attached hydrogens (tertiary/aromatic N) is 1. The summed E-state index contributed by atoms with van der Waals surface area (Å²) in [6.07, 6.45) is 0.162. The lowest BCUT2D eigenvalue weighted by Crippen LogP contribution is -2.45. The van der Waals surface area contributed by atoms with Gasteiger partial charge in [-0.15, -0.1) is 0 Å². The van der Waals surface area contributed by atoms with Gasteiger partial charge in [-0.1, -0.05) is 13.8 Å². The van der Waals surface area contributed by atoms with Crippen LogP contribution in [0.25, 0.3) is 0 Å². The van der Waals surface area contributed by atoms with E-state index in [2.05, 4.69) is 0 Å². The number of nitrogens with two attached hydrogens (primary N) is 1. The molecule has 0 spiro atoms. The second kappa shape index (κ2) is 3.92. The van der Waals surface area contributed by atoms with Crippen LogP contribution in [-0.4, -0.2) is 28.6 Å². The molecule has 0 rings (SSSR count). The van der Waals surface area contributed by atoms with Crippen LogP contribution in [0, 0.1) is 5.92 Å². The van der Waals surface area contributed by atoms with E-state index < -0.39 is 11.9 Å². The second-order valence-corrected chi connectivity index (χ2v) is 2.58. The first kappa shape index (κ1) is 9.90. The topological polar surface area (TPSA) is 83.6 Å². The third-order valence-corrected chi connectivity index (χ3v) is 1.32. The molecule has 3 N–H and O–H groups in total. The molecule has 0 aromatic heterocycles. The lowest BCUT2D eigenvalue weighted by Gasteiger charge is -2.22. The Labute approximate surface area is 64.7 Å². The van der Waals surface area contributed by atoms with Gasteiger partial charge in [0, 0.05) is 0 Å². The van der Waals surface area contributed by atoms with Gasteiger partial charge in [0.25, 0.3) is 0 Å². The zero-order valence-electron chi connectivity index (χ0n) is 6.52. The highest BCUT2D eigenvalue weighted by atomic mass is 16.5. The lowest BCUT2D eigenvalue weighted by atomic mass is 10.0. The molecule has 5 nitrogen and oxygen atoms in total. The van der Waals surface area contributed by atoms with E-state index in [1.54, 1.807) is 13.8 Å². The van der Waals surface area contributed by atoms with Crippen LogP contribution in [-0.2, 0) is 9.59 Å². The Morgan fingerprint density at radius 3 is 2.18 bits per heavy atom. The van der Waals surface area contributed by atoms with Crippen molar-refractivity contribution in [2.75, 3.05) is 0 Å². The average molecular weight is 160 g/mol. The van der Waals surface area contributed by atoms with Crippen molar-refractivity contribution in [1.29, 1.82) is 0 Å². The molecule has 11 heavy (non-hydrogen) atoms. The summed E-state index contributed by atoms with van der Waals surface area (Å²) in [6, 6.07) is -0.938. The average Bonchev–Trinajstić information content (AvgIpc) is 1.85. The number of amides is 2. The summed E-state index contributed by atoms with van der Waals surface area (Å²) in [5.74, 6) is -0.905. The van der Waals surface area contributed by atoms with E-state index >= 15 is 0 Å². The Kier molecular flexibility index (Phi) is 3.53. The summed E-state index contributed by atoms with van der Waals surface area (Å²) in [5.41, 5.74) is 4.91. The van der Waals surface area contributed by atoms with E-state index in [1.807, 2.05) is 0 Å². The molecule has 0 bridgehead atoms. The molecule has 5 heteroatoms. The van der Waals surface area contributed by atoms with Gasteiger partial charge in [0.15, 0.2) is 0 Å². The summed E-state index contributed by atoms with van der Waals surface area (Å²) in [6.45, 7) is 3.37. The van der Waals surface area contributed by atoms with Gasteiger partial charge in [0.05, 0.1) is 0 Å². The van der Waals surface area contributed by atoms with Crippen molar-refractivity contribution < 1.29 is 14.8 Å². The minimum Gasteiger partial charge on any atom is -0.368 e. The summed E-state index contributed by atoms with van der Waals surface area (Å²) in [4.78, 5) is 20.6. The molecule has 0 heterocycles. The standard InChI is InChI=1S/C6H12N2O3/c1-4(2)5(6(7)10)8(11)3-9/h3-5,11H,1-2H3,(H2,7,10). The third-order valence-electron chi connectivity index (χ3n) is 1.32. The van der Waals surface area contributed by atoms with E-state index in [-0.39, 0.29) is 17.4 Å². The van der Waals surface area contributed by atoms with Crippen LogP contribution in [0.1, 0.15) is 13.8 Å². The fourth-order valence-electron chi connectivity index (χ4n) is 0.830. The smallest absolute Gasteiger partial charge is 0.243 e. The number of carbonyl (C=O) groups excluding carboxylic acids is 2. The number of rotatable bonds is 4.